The van der Waals surface area contributed by atoms with Crippen LogP contribution in [0, 0.1) is 0 Å². The highest BCUT2D eigenvalue weighted by molar-refractivity contribution is 5.97. The summed E-state index contributed by atoms with van der Waals surface area (Å²) in [6.07, 6.45) is 0. The zero-order valence-electron chi connectivity index (χ0n) is 8.89. The van der Waals surface area contributed by atoms with Gasteiger partial charge in [0.25, 0.3) is 0 Å². The van der Waals surface area contributed by atoms with Crippen molar-refractivity contribution in [2.45, 2.75) is 6.92 Å². The van der Waals surface area contributed by atoms with Gasteiger partial charge in [0.2, 0.25) is 0 Å². The average molecular weight is 215 g/mol. The molecule has 0 atom stereocenters. The minimum atomic E-state index is -0.197. The Labute approximate surface area is 88.8 Å². The van der Waals surface area contributed by atoms with Gasteiger partial charge in [-0.25, -0.2) is 4.79 Å². The molecule has 2 amide bonds. The number of amides is 2. The van der Waals surface area contributed by atoms with E-state index in [4.69, 9.17) is 10.2 Å². The number of nitrogens with zero attached hydrogens (tertiary/aromatic N) is 3. The van der Waals surface area contributed by atoms with E-state index in [1.807, 2.05) is 0 Å². The van der Waals surface area contributed by atoms with Gasteiger partial charge in [-0.1, -0.05) is 0 Å². The lowest BCUT2D eigenvalue weighted by Crippen LogP contribution is -2.46. The van der Waals surface area contributed by atoms with Crippen LogP contribution in [0.1, 0.15) is 6.92 Å². The van der Waals surface area contributed by atoms with Gasteiger partial charge in [-0.2, -0.15) is 0 Å². The third kappa shape index (κ3) is 2.90. The Kier molecular flexibility index (Phi) is 4.51. The molecule has 0 saturated heterocycles. The SMILES string of the molecule is CC1=NCCN1C(=O)N(CCO)CCO. The van der Waals surface area contributed by atoms with Crippen LogP contribution in [0.4, 0.5) is 4.79 Å². The number of aliphatic hydroxyl groups excluding tert-OH is 2. The zero-order valence-corrected chi connectivity index (χ0v) is 8.89. The van der Waals surface area contributed by atoms with Crippen LogP contribution in [-0.4, -0.2) is 71.3 Å². The summed E-state index contributed by atoms with van der Waals surface area (Å²) in [5.41, 5.74) is 0. The fourth-order valence-corrected chi connectivity index (χ4v) is 1.51. The molecule has 15 heavy (non-hydrogen) atoms. The van der Waals surface area contributed by atoms with E-state index in [2.05, 4.69) is 4.99 Å². The van der Waals surface area contributed by atoms with Gasteiger partial charge in [-0.15, -0.1) is 0 Å². The summed E-state index contributed by atoms with van der Waals surface area (Å²) in [5.74, 6) is 0.695. The Bertz CT molecular complexity index is 249. The number of aliphatic hydroxyl groups is 2. The molecule has 2 N–H and O–H groups in total. The van der Waals surface area contributed by atoms with E-state index in [-0.39, 0.29) is 32.3 Å². The standard InChI is InChI=1S/C9H17N3O3/c1-8-10-2-3-12(8)9(15)11(4-6-13)5-7-14/h13-14H,2-7H2,1H3. The second-order valence-electron chi connectivity index (χ2n) is 3.30. The van der Waals surface area contributed by atoms with E-state index in [9.17, 15) is 4.79 Å². The normalized spacial score (nSPS) is 15.4. The highest BCUT2D eigenvalue weighted by Gasteiger charge is 2.24. The van der Waals surface area contributed by atoms with Crippen molar-refractivity contribution in [3.05, 3.63) is 0 Å². The van der Waals surface area contributed by atoms with Gasteiger partial charge in [-0.3, -0.25) is 9.89 Å². The number of rotatable bonds is 4. The molecule has 0 aromatic carbocycles. The van der Waals surface area contributed by atoms with Crippen molar-refractivity contribution >= 4 is 11.9 Å². The fourth-order valence-electron chi connectivity index (χ4n) is 1.51. The molecule has 0 radical (unpaired) electrons. The maximum atomic E-state index is 11.9. The number of aliphatic imine (C=N–C) groups is 1. The van der Waals surface area contributed by atoms with Crippen LogP contribution in [0.2, 0.25) is 0 Å². The quantitative estimate of drug-likeness (QED) is 0.640. The molecule has 0 fully saturated rings. The molecule has 0 bridgehead atoms. The summed E-state index contributed by atoms with van der Waals surface area (Å²) in [6, 6.07) is -0.197. The summed E-state index contributed by atoms with van der Waals surface area (Å²) in [4.78, 5) is 19.0. The number of amidine groups is 1. The second kappa shape index (κ2) is 5.67. The third-order valence-electron chi connectivity index (χ3n) is 2.30. The van der Waals surface area contributed by atoms with Crippen LogP contribution in [0.3, 0.4) is 0 Å². The van der Waals surface area contributed by atoms with Crippen LogP contribution in [0.5, 0.6) is 0 Å². The molecule has 86 valence electrons. The summed E-state index contributed by atoms with van der Waals surface area (Å²) in [5, 5.41) is 17.6. The van der Waals surface area contributed by atoms with Crippen LogP contribution in [0.15, 0.2) is 4.99 Å². The van der Waals surface area contributed by atoms with Crippen molar-refractivity contribution in [2.24, 2.45) is 4.99 Å². The van der Waals surface area contributed by atoms with E-state index < -0.39 is 0 Å². The molecule has 0 spiro atoms. The van der Waals surface area contributed by atoms with Gasteiger partial charge in [0, 0.05) is 19.6 Å². The molecule has 0 saturated carbocycles. The van der Waals surface area contributed by atoms with Crippen LogP contribution >= 0.6 is 0 Å². The van der Waals surface area contributed by atoms with Crippen LogP contribution in [0.25, 0.3) is 0 Å². The molecule has 1 aliphatic rings. The highest BCUT2D eigenvalue weighted by Crippen LogP contribution is 2.05. The van der Waals surface area contributed by atoms with Crippen molar-refractivity contribution < 1.29 is 15.0 Å². The minimum absolute atomic E-state index is 0.101. The summed E-state index contributed by atoms with van der Waals surface area (Å²) < 4.78 is 0. The number of urea groups is 1. The van der Waals surface area contributed by atoms with Crippen LogP contribution < -0.4 is 0 Å². The Balaban J connectivity index is 2.58. The lowest BCUT2D eigenvalue weighted by molar-refractivity contribution is 0.144. The Morgan fingerprint density at radius 1 is 1.47 bits per heavy atom. The van der Waals surface area contributed by atoms with Gasteiger partial charge in [0.1, 0.15) is 5.84 Å². The molecule has 0 unspecified atom stereocenters. The Morgan fingerprint density at radius 2 is 2.07 bits per heavy atom. The predicted molar refractivity (Wildman–Crippen MR) is 55.8 cm³/mol. The lowest BCUT2D eigenvalue weighted by atomic mass is 10.4. The first-order chi connectivity index (χ1) is 7.20. The van der Waals surface area contributed by atoms with Crippen molar-refractivity contribution in [1.29, 1.82) is 0 Å². The maximum absolute atomic E-state index is 11.9. The third-order valence-corrected chi connectivity index (χ3v) is 2.30. The van der Waals surface area contributed by atoms with Gasteiger partial charge in [-0.05, 0) is 6.92 Å². The molecule has 1 aliphatic heterocycles. The summed E-state index contributed by atoms with van der Waals surface area (Å²) >= 11 is 0. The second-order valence-corrected chi connectivity index (χ2v) is 3.30. The minimum Gasteiger partial charge on any atom is -0.395 e. The van der Waals surface area contributed by atoms with Crippen molar-refractivity contribution in [2.75, 3.05) is 39.4 Å². The molecule has 1 heterocycles. The van der Waals surface area contributed by atoms with Crippen molar-refractivity contribution in [3.63, 3.8) is 0 Å². The van der Waals surface area contributed by atoms with Gasteiger partial charge < -0.3 is 15.1 Å². The number of carbonyl (C=O) groups excluding carboxylic acids is 1. The molecular weight excluding hydrogens is 198 g/mol. The largest absolute Gasteiger partial charge is 0.395 e. The highest BCUT2D eigenvalue weighted by atomic mass is 16.3. The molecule has 0 aromatic heterocycles. The summed E-state index contributed by atoms with van der Waals surface area (Å²) in [6.45, 7) is 3.26. The molecule has 0 aromatic rings. The van der Waals surface area contributed by atoms with Gasteiger partial charge in [0.05, 0.1) is 19.8 Å². The molecule has 0 aliphatic carbocycles. The van der Waals surface area contributed by atoms with E-state index in [1.165, 1.54) is 4.90 Å². The van der Waals surface area contributed by atoms with Crippen molar-refractivity contribution in [1.82, 2.24) is 9.80 Å². The predicted octanol–water partition coefficient (Wildman–Crippen LogP) is -0.873. The molecule has 6 heteroatoms. The van der Waals surface area contributed by atoms with Gasteiger partial charge in [0.15, 0.2) is 0 Å². The lowest BCUT2D eigenvalue weighted by Gasteiger charge is -2.26. The smallest absolute Gasteiger partial charge is 0.325 e. The number of carbonyl (C=O) groups is 1. The first kappa shape index (κ1) is 11.9. The first-order valence-electron chi connectivity index (χ1n) is 5.00. The maximum Gasteiger partial charge on any atom is 0.325 e. The van der Waals surface area contributed by atoms with E-state index in [1.54, 1.807) is 11.8 Å². The zero-order chi connectivity index (χ0) is 11.3. The number of hydrogen-bond donors (Lipinski definition) is 2. The summed E-state index contributed by atoms with van der Waals surface area (Å²) in [7, 11) is 0. The van der Waals surface area contributed by atoms with Crippen molar-refractivity contribution in [3.8, 4) is 0 Å². The van der Waals surface area contributed by atoms with E-state index >= 15 is 0 Å². The monoisotopic (exact) mass is 215 g/mol. The first-order valence-corrected chi connectivity index (χ1v) is 5.00. The average Bonchev–Trinajstić information content (AvgIpc) is 2.63. The molecular formula is C9H17N3O3. The van der Waals surface area contributed by atoms with E-state index in [0.717, 1.165) is 0 Å². The Morgan fingerprint density at radius 3 is 2.47 bits per heavy atom. The molecule has 1 rings (SSSR count). The van der Waals surface area contributed by atoms with Crippen LogP contribution in [-0.2, 0) is 0 Å². The number of hydrogen-bond acceptors (Lipinski definition) is 4. The molecule has 6 nitrogen and oxygen atoms in total. The van der Waals surface area contributed by atoms with E-state index in [0.29, 0.717) is 18.9 Å². The topological polar surface area (TPSA) is 76.4 Å². The van der Waals surface area contributed by atoms with Gasteiger partial charge >= 0.3 is 6.03 Å². The fraction of sp³-hybridized carbons (Fsp3) is 0.778. The Hall–Kier alpha value is -1.14.